The third kappa shape index (κ3) is 8.96. The van der Waals surface area contributed by atoms with E-state index in [-0.39, 0.29) is 24.3 Å². The molecule has 0 bridgehead atoms. The van der Waals surface area contributed by atoms with Crippen molar-refractivity contribution in [3.05, 3.63) is 99.5 Å². The summed E-state index contributed by atoms with van der Waals surface area (Å²) in [6.07, 6.45) is 1.98. The molecule has 3 aromatic rings. The van der Waals surface area contributed by atoms with E-state index in [1.54, 1.807) is 30.3 Å². The molecule has 0 saturated heterocycles. The van der Waals surface area contributed by atoms with Crippen LogP contribution in [0.5, 0.6) is 0 Å². The van der Waals surface area contributed by atoms with E-state index < -0.39 is 28.5 Å². The lowest BCUT2D eigenvalue weighted by molar-refractivity contribution is -0.140. The summed E-state index contributed by atoms with van der Waals surface area (Å²) >= 11 is 13.0. The molecule has 0 radical (unpaired) electrons. The smallest absolute Gasteiger partial charge is 0.244 e. The number of hydrogen-bond donors (Lipinski definition) is 1. The van der Waals surface area contributed by atoms with Crippen molar-refractivity contribution in [1.82, 2.24) is 10.2 Å². The Kier molecular flexibility index (Phi) is 11.5. The van der Waals surface area contributed by atoms with E-state index in [4.69, 9.17) is 23.2 Å². The fourth-order valence-corrected chi connectivity index (χ4v) is 5.88. The number of carbonyl (C=O) groups is 2. The first kappa shape index (κ1) is 33.4. The molecule has 0 aliphatic carbocycles. The first-order valence-electron chi connectivity index (χ1n) is 13.8. The second-order valence-corrected chi connectivity index (χ2v) is 14.0. The SMILES string of the molecule is CCCNC(=O)[C@H](Cc1ccccc1)N(Cc1c(Cl)cccc1Cl)C(=O)CN(c1ccc(C(C)(C)C)cc1)S(C)(=O)=O. The van der Waals surface area contributed by atoms with Crippen LogP contribution in [0.4, 0.5) is 5.69 Å². The van der Waals surface area contributed by atoms with Gasteiger partial charge in [-0.2, -0.15) is 0 Å². The van der Waals surface area contributed by atoms with E-state index in [1.165, 1.54) is 4.90 Å². The molecular formula is C32H39Cl2N3O4S. The predicted octanol–water partition coefficient (Wildman–Crippen LogP) is 6.22. The van der Waals surface area contributed by atoms with Gasteiger partial charge in [0.05, 0.1) is 11.9 Å². The molecule has 0 aliphatic heterocycles. The van der Waals surface area contributed by atoms with Gasteiger partial charge in [0.25, 0.3) is 0 Å². The number of carbonyl (C=O) groups excluding carboxylic acids is 2. The van der Waals surface area contributed by atoms with Gasteiger partial charge in [0.15, 0.2) is 0 Å². The lowest BCUT2D eigenvalue weighted by Crippen LogP contribution is -2.53. The number of halogens is 2. The minimum Gasteiger partial charge on any atom is -0.354 e. The molecule has 2 amide bonds. The van der Waals surface area contributed by atoms with Crippen LogP contribution in [0.15, 0.2) is 72.8 Å². The highest BCUT2D eigenvalue weighted by atomic mass is 35.5. The van der Waals surface area contributed by atoms with Gasteiger partial charge in [-0.05, 0) is 47.2 Å². The zero-order chi connectivity index (χ0) is 31.1. The number of hydrogen-bond acceptors (Lipinski definition) is 4. The Morgan fingerprint density at radius 1 is 0.905 bits per heavy atom. The average Bonchev–Trinajstić information content (AvgIpc) is 2.93. The molecule has 226 valence electrons. The van der Waals surface area contributed by atoms with E-state index in [9.17, 15) is 18.0 Å². The summed E-state index contributed by atoms with van der Waals surface area (Å²) in [5.41, 5.74) is 2.55. The van der Waals surface area contributed by atoms with Gasteiger partial charge in [0, 0.05) is 35.1 Å². The van der Waals surface area contributed by atoms with E-state index >= 15 is 0 Å². The predicted molar refractivity (Wildman–Crippen MR) is 172 cm³/mol. The van der Waals surface area contributed by atoms with E-state index in [1.807, 2.05) is 49.4 Å². The Morgan fingerprint density at radius 2 is 1.50 bits per heavy atom. The minimum absolute atomic E-state index is 0.0883. The fourth-order valence-electron chi connectivity index (χ4n) is 4.52. The first-order valence-corrected chi connectivity index (χ1v) is 16.4. The van der Waals surface area contributed by atoms with E-state index in [2.05, 4.69) is 26.1 Å². The minimum atomic E-state index is -3.87. The standard InChI is InChI=1S/C32H39Cl2N3O4S/c1-6-19-35-31(39)29(20-23-11-8-7-9-12-23)36(21-26-27(33)13-10-14-28(26)34)30(38)22-37(42(5,40)41)25-17-15-24(16-18-25)32(2,3)4/h7-18,29H,6,19-22H2,1-5H3,(H,35,39)/t29-/m0/s1. The Hall–Kier alpha value is -3.07. The molecular weight excluding hydrogens is 593 g/mol. The second kappa shape index (κ2) is 14.4. The molecule has 3 rings (SSSR count). The van der Waals surface area contributed by atoms with Gasteiger partial charge in [-0.1, -0.05) is 99.4 Å². The molecule has 0 saturated carbocycles. The number of anilines is 1. The molecule has 1 atom stereocenters. The summed E-state index contributed by atoms with van der Waals surface area (Å²) in [6.45, 7) is 7.95. The van der Waals surface area contributed by atoms with Crippen LogP contribution in [0.25, 0.3) is 0 Å². The van der Waals surface area contributed by atoms with Gasteiger partial charge in [-0.25, -0.2) is 8.42 Å². The van der Waals surface area contributed by atoms with Crippen molar-refractivity contribution in [1.29, 1.82) is 0 Å². The normalized spacial score (nSPS) is 12.5. The van der Waals surface area contributed by atoms with Crippen molar-refractivity contribution in [2.45, 2.75) is 58.5 Å². The second-order valence-electron chi connectivity index (χ2n) is 11.3. The number of nitrogens with zero attached hydrogens (tertiary/aromatic N) is 2. The van der Waals surface area contributed by atoms with Crippen molar-refractivity contribution >= 4 is 50.7 Å². The average molecular weight is 633 g/mol. The molecule has 42 heavy (non-hydrogen) atoms. The van der Waals surface area contributed by atoms with Crippen LogP contribution in [0.1, 0.15) is 50.8 Å². The van der Waals surface area contributed by atoms with Crippen LogP contribution in [0.2, 0.25) is 10.0 Å². The van der Waals surface area contributed by atoms with Crippen LogP contribution < -0.4 is 9.62 Å². The molecule has 3 aromatic carbocycles. The van der Waals surface area contributed by atoms with Gasteiger partial charge < -0.3 is 10.2 Å². The zero-order valence-electron chi connectivity index (χ0n) is 24.7. The largest absolute Gasteiger partial charge is 0.354 e. The van der Waals surface area contributed by atoms with Gasteiger partial charge in [0.1, 0.15) is 12.6 Å². The lowest BCUT2D eigenvalue weighted by Gasteiger charge is -2.34. The summed E-state index contributed by atoms with van der Waals surface area (Å²) < 4.78 is 27.1. The lowest BCUT2D eigenvalue weighted by atomic mass is 9.87. The summed E-state index contributed by atoms with van der Waals surface area (Å²) in [4.78, 5) is 29.2. The van der Waals surface area contributed by atoms with Crippen LogP contribution in [-0.2, 0) is 38.0 Å². The number of nitrogens with one attached hydrogen (secondary N) is 1. The van der Waals surface area contributed by atoms with Crippen LogP contribution in [0, 0.1) is 0 Å². The molecule has 0 spiro atoms. The van der Waals surface area contributed by atoms with Gasteiger partial charge in [-0.3, -0.25) is 13.9 Å². The van der Waals surface area contributed by atoms with E-state index in [0.29, 0.717) is 34.3 Å². The summed E-state index contributed by atoms with van der Waals surface area (Å²) in [5.74, 6) is -0.915. The van der Waals surface area contributed by atoms with Crippen LogP contribution in [-0.4, -0.2) is 50.5 Å². The molecule has 0 heterocycles. The maximum absolute atomic E-state index is 14.2. The van der Waals surface area contributed by atoms with Crippen LogP contribution >= 0.6 is 23.2 Å². The maximum Gasteiger partial charge on any atom is 0.244 e. The Balaban J connectivity index is 2.08. The quantitative estimate of drug-likeness (QED) is 0.257. The third-order valence-electron chi connectivity index (χ3n) is 6.91. The van der Waals surface area contributed by atoms with Crippen molar-refractivity contribution in [2.75, 3.05) is 23.7 Å². The Labute approximate surface area is 259 Å². The molecule has 7 nitrogen and oxygen atoms in total. The fraction of sp³-hybridized carbons (Fsp3) is 0.375. The molecule has 1 N–H and O–H groups in total. The Bertz CT molecular complexity index is 1450. The highest BCUT2D eigenvalue weighted by Gasteiger charge is 2.33. The summed E-state index contributed by atoms with van der Waals surface area (Å²) in [7, 11) is -3.87. The molecule has 0 aromatic heterocycles. The zero-order valence-corrected chi connectivity index (χ0v) is 27.1. The first-order chi connectivity index (χ1) is 19.7. The number of rotatable bonds is 12. The number of sulfonamides is 1. The van der Waals surface area contributed by atoms with Gasteiger partial charge in [0.2, 0.25) is 21.8 Å². The monoisotopic (exact) mass is 631 g/mol. The van der Waals surface area contributed by atoms with E-state index in [0.717, 1.165) is 21.7 Å². The molecule has 0 aliphatic rings. The molecule has 0 unspecified atom stereocenters. The van der Waals surface area contributed by atoms with Crippen molar-refractivity contribution in [2.24, 2.45) is 0 Å². The molecule has 10 heteroatoms. The third-order valence-corrected chi connectivity index (χ3v) is 8.76. The van der Waals surface area contributed by atoms with Gasteiger partial charge >= 0.3 is 0 Å². The highest BCUT2D eigenvalue weighted by Crippen LogP contribution is 2.29. The van der Waals surface area contributed by atoms with Gasteiger partial charge in [-0.15, -0.1) is 0 Å². The molecule has 0 fully saturated rings. The van der Waals surface area contributed by atoms with Crippen LogP contribution in [0.3, 0.4) is 0 Å². The van der Waals surface area contributed by atoms with Crippen molar-refractivity contribution in [3.8, 4) is 0 Å². The Morgan fingerprint density at radius 3 is 2.02 bits per heavy atom. The highest BCUT2D eigenvalue weighted by molar-refractivity contribution is 7.92. The van der Waals surface area contributed by atoms with Crippen molar-refractivity contribution < 1.29 is 18.0 Å². The summed E-state index contributed by atoms with van der Waals surface area (Å²) in [5, 5.41) is 3.58. The number of benzene rings is 3. The summed E-state index contributed by atoms with van der Waals surface area (Å²) in [6, 6.07) is 20.5. The maximum atomic E-state index is 14.2. The number of amides is 2. The van der Waals surface area contributed by atoms with Crippen molar-refractivity contribution in [3.63, 3.8) is 0 Å². The topological polar surface area (TPSA) is 86.8 Å².